The van der Waals surface area contributed by atoms with Crippen LogP contribution in [-0.4, -0.2) is 79.2 Å². The van der Waals surface area contributed by atoms with Gasteiger partial charge in [0.1, 0.15) is 6.10 Å². The standard InChI is InChI=1S/C40H78N2O5S/c1-6-9-12-15-16-19-27-35-46-38(43)30-23-20-25-32-42(40(45)48-36-34-41(4)5)33-26-24-31-39(44)47-37(28-21-17-13-10-7-2)29-22-18-14-11-8-3/h37H,6-36H2,1-5H3. The normalized spacial score (nSPS) is 11.4. The minimum atomic E-state index is -0.102. The molecule has 0 rings (SSSR count). The molecule has 0 aliphatic heterocycles. The molecule has 0 heterocycles. The molecule has 48 heavy (non-hydrogen) atoms. The number of rotatable bonds is 35. The van der Waals surface area contributed by atoms with Gasteiger partial charge in [-0.15, -0.1) is 0 Å². The average molecular weight is 699 g/mol. The van der Waals surface area contributed by atoms with Crippen molar-refractivity contribution in [1.82, 2.24) is 9.80 Å². The van der Waals surface area contributed by atoms with Gasteiger partial charge < -0.3 is 19.3 Å². The Morgan fingerprint density at radius 3 is 1.56 bits per heavy atom. The molecule has 1 amide bonds. The fourth-order valence-electron chi connectivity index (χ4n) is 5.80. The van der Waals surface area contributed by atoms with E-state index in [0.717, 1.165) is 82.9 Å². The molecular weight excluding hydrogens is 621 g/mol. The maximum atomic E-state index is 13.1. The van der Waals surface area contributed by atoms with Gasteiger partial charge >= 0.3 is 11.9 Å². The van der Waals surface area contributed by atoms with E-state index in [1.165, 1.54) is 95.2 Å². The Bertz CT molecular complexity index is 737. The Hall–Kier alpha value is -1.28. The second-order valence-corrected chi connectivity index (χ2v) is 15.1. The highest BCUT2D eigenvalue weighted by Crippen LogP contribution is 2.18. The number of esters is 2. The van der Waals surface area contributed by atoms with E-state index in [0.29, 0.717) is 32.5 Å². The van der Waals surface area contributed by atoms with Gasteiger partial charge in [0.15, 0.2) is 0 Å². The van der Waals surface area contributed by atoms with E-state index in [1.807, 2.05) is 19.0 Å². The summed E-state index contributed by atoms with van der Waals surface area (Å²) < 4.78 is 11.4. The summed E-state index contributed by atoms with van der Waals surface area (Å²) in [6.07, 6.45) is 27.7. The van der Waals surface area contributed by atoms with Crippen LogP contribution in [-0.2, 0) is 19.1 Å². The lowest BCUT2D eigenvalue weighted by atomic mass is 10.0. The third-order valence-corrected chi connectivity index (χ3v) is 9.85. The molecule has 0 aromatic heterocycles. The van der Waals surface area contributed by atoms with E-state index in [2.05, 4.69) is 25.7 Å². The quantitative estimate of drug-likeness (QED) is 0.0481. The van der Waals surface area contributed by atoms with Crippen molar-refractivity contribution >= 4 is 28.9 Å². The van der Waals surface area contributed by atoms with Crippen molar-refractivity contribution in [3.8, 4) is 0 Å². The molecule has 8 heteroatoms. The maximum Gasteiger partial charge on any atom is 0.306 e. The van der Waals surface area contributed by atoms with Gasteiger partial charge in [-0.2, -0.15) is 0 Å². The van der Waals surface area contributed by atoms with Gasteiger partial charge in [-0.05, 0) is 71.9 Å². The minimum Gasteiger partial charge on any atom is -0.466 e. The molecule has 0 unspecified atom stereocenters. The number of ether oxygens (including phenoxy) is 2. The Balaban J connectivity index is 4.52. The largest absolute Gasteiger partial charge is 0.466 e. The average Bonchev–Trinajstić information content (AvgIpc) is 3.06. The first-order valence-corrected chi connectivity index (χ1v) is 21.2. The molecule has 0 spiro atoms. The van der Waals surface area contributed by atoms with Crippen molar-refractivity contribution in [3.05, 3.63) is 0 Å². The van der Waals surface area contributed by atoms with Crippen molar-refractivity contribution in [2.24, 2.45) is 0 Å². The van der Waals surface area contributed by atoms with E-state index < -0.39 is 0 Å². The molecule has 0 aliphatic carbocycles. The Morgan fingerprint density at radius 1 is 0.542 bits per heavy atom. The summed E-state index contributed by atoms with van der Waals surface area (Å²) in [4.78, 5) is 42.0. The summed E-state index contributed by atoms with van der Waals surface area (Å²) in [5.41, 5.74) is 0. The van der Waals surface area contributed by atoms with Crippen LogP contribution < -0.4 is 0 Å². The van der Waals surface area contributed by atoms with Gasteiger partial charge in [-0.3, -0.25) is 14.4 Å². The molecule has 0 bridgehead atoms. The van der Waals surface area contributed by atoms with Gasteiger partial charge in [-0.25, -0.2) is 0 Å². The summed E-state index contributed by atoms with van der Waals surface area (Å²) in [6, 6.07) is 0. The number of unbranched alkanes of at least 4 members (excludes halogenated alkanes) is 17. The second kappa shape index (κ2) is 35.5. The molecule has 0 saturated heterocycles. The van der Waals surface area contributed by atoms with E-state index >= 15 is 0 Å². The lowest BCUT2D eigenvalue weighted by molar-refractivity contribution is -0.150. The van der Waals surface area contributed by atoms with Crippen LogP contribution in [0.2, 0.25) is 0 Å². The second-order valence-electron chi connectivity index (χ2n) is 14.0. The molecule has 0 N–H and O–H groups in total. The van der Waals surface area contributed by atoms with Gasteiger partial charge in [0.2, 0.25) is 0 Å². The van der Waals surface area contributed by atoms with E-state index in [1.54, 1.807) is 0 Å². The molecule has 0 aromatic rings. The van der Waals surface area contributed by atoms with E-state index in [9.17, 15) is 14.4 Å². The predicted octanol–water partition coefficient (Wildman–Crippen LogP) is 11.4. The minimum absolute atomic E-state index is 0.0459. The SMILES string of the molecule is CCCCCCCCCOC(=O)CCCCCN(CCCCC(=O)OC(CCCCCCC)CCCCCCC)C(=O)SCCN(C)C. The fourth-order valence-corrected chi connectivity index (χ4v) is 6.79. The number of carbonyl (C=O) groups excluding carboxylic acids is 3. The number of hydrogen-bond donors (Lipinski definition) is 0. The number of hydrogen-bond acceptors (Lipinski definition) is 7. The first-order valence-electron chi connectivity index (χ1n) is 20.2. The molecule has 284 valence electrons. The predicted molar refractivity (Wildman–Crippen MR) is 206 cm³/mol. The number of nitrogens with zero attached hydrogens (tertiary/aromatic N) is 2. The highest BCUT2D eigenvalue weighted by Gasteiger charge is 2.17. The van der Waals surface area contributed by atoms with Crippen LogP contribution in [0.25, 0.3) is 0 Å². The van der Waals surface area contributed by atoms with Crippen molar-refractivity contribution in [1.29, 1.82) is 0 Å². The summed E-state index contributed by atoms with van der Waals surface area (Å²) in [6.45, 7) is 9.43. The zero-order valence-corrected chi connectivity index (χ0v) is 33.2. The van der Waals surface area contributed by atoms with Crippen LogP contribution in [0.3, 0.4) is 0 Å². The van der Waals surface area contributed by atoms with E-state index in [-0.39, 0.29) is 23.3 Å². The molecule has 0 aromatic carbocycles. The first-order chi connectivity index (χ1) is 23.3. The molecular formula is C40H78N2O5S. The monoisotopic (exact) mass is 699 g/mol. The Morgan fingerprint density at radius 2 is 1.00 bits per heavy atom. The lowest BCUT2D eigenvalue weighted by Gasteiger charge is -2.23. The van der Waals surface area contributed by atoms with Gasteiger partial charge in [-0.1, -0.05) is 129 Å². The maximum absolute atomic E-state index is 13.1. The topological polar surface area (TPSA) is 76.1 Å². The zero-order valence-electron chi connectivity index (χ0n) is 32.3. The van der Waals surface area contributed by atoms with Crippen LogP contribution in [0.15, 0.2) is 0 Å². The summed E-state index contributed by atoms with van der Waals surface area (Å²) in [7, 11) is 4.04. The summed E-state index contributed by atoms with van der Waals surface area (Å²) >= 11 is 1.38. The number of carbonyl (C=O) groups is 3. The van der Waals surface area contributed by atoms with Crippen molar-refractivity contribution < 1.29 is 23.9 Å². The smallest absolute Gasteiger partial charge is 0.306 e. The number of amides is 1. The third-order valence-electron chi connectivity index (χ3n) is 8.96. The summed E-state index contributed by atoms with van der Waals surface area (Å²) in [5, 5.41) is 0.111. The molecule has 0 saturated carbocycles. The summed E-state index contributed by atoms with van der Waals surface area (Å²) in [5.74, 6) is 0.576. The first kappa shape index (κ1) is 46.7. The lowest BCUT2D eigenvalue weighted by Crippen LogP contribution is -2.31. The molecule has 0 atom stereocenters. The third kappa shape index (κ3) is 32.0. The highest BCUT2D eigenvalue weighted by molar-refractivity contribution is 8.13. The highest BCUT2D eigenvalue weighted by atomic mass is 32.2. The molecule has 0 fully saturated rings. The van der Waals surface area contributed by atoms with Crippen LogP contribution >= 0.6 is 11.8 Å². The van der Waals surface area contributed by atoms with Crippen molar-refractivity contribution in [3.63, 3.8) is 0 Å². The van der Waals surface area contributed by atoms with Crippen LogP contribution in [0.5, 0.6) is 0 Å². The van der Waals surface area contributed by atoms with Gasteiger partial charge in [0.25, 0.3) is 5.24 Å². The van der Waals surface area contributed by atoms with E-state index in [4.69, 9.17) is 9.47 Å². The molecule has 7 nitrogen and oxygen atoms in total. The number of thioether (sulfide) groups is 1. The van der Waals surface area contributed by atoms with Crippen LogP contribution in [0.1, 0.15) is 188 Å². The van der Waals surface area contributed by atoms with Gasteiger partial charge in [0.05, 0.1) is 6.61 Å². The van der Waals surface area contributed by atoms with Crippen LogP contribution in [0, 0.1) is 0 Å². The van der Waals surface area contributed by atoms with Gasteiger partial charge in [0, 0.05) is 38.2 Å². The Labute approximate surface area is 301 Å². The Kier molecular flexibility index (Phi) is 34.6. The molecule has 0 radical (unpaired) electrons. The zero-order chi connectivity index (χ0) is 35.5. The fraction of sp³-hybridized carbons (Fsp3) is 0.925. The molecule has 0 aliphatic rings. The van der Waals surface area contributed by atoms with Crippen molar-refractivity contribution in [2.45, 2.75) is 194 Å². The van der Waals surface area contributed by atoms with Crippen molar-refractivity contribution in [2.75, 3.05) is 46.1 Å². The van der Waals surface area contributed by atoms with Crippen LogP contribution in [0.4, 0.5) is 4.79 Å².